The van der Waals surface area contributed by atoms with Crippen LogP contribution in [0.3, 0.4) is 0 Å². The van der Waals surface area contributed by atoms with E-state index in [1.54, 1.807) is 13.0 Å². The summed E-state index contributed by atoms with van der Waals surface area (Å²) in [6.07, 6.45) is 0.763. The van der Waals surface area contributed by atoms with Gasteiger partial charge in [0.15, 0.2) is 5.79 Å². The number of ether oxygens (including phenoxy) is 4. The summed E-state index contributed by atoms with van der Waals surface area (Å²) >= 11 is 0. The molecule has 0 aromatic heterocycles. The van der Waals surface area contributed by atoms with Crippen LogP contribution in [0, 0.1) is 0 Å². The van der Waals surface area contributed by atoms with Crippen molar-refractivity contribution in [2.45, 2.75) is 51.0 Å². The Balaban J connectivity index is 1.95. The summed E-state index contributed by atoms with van der Waals surface area (Å²) in [4.78, 5) is 11.7. The Morgan fingerprint density at radius 1 is 1.29 bits per heavy atom. The largest absolute Gasteiger partial charge is 0.459 e. The first-order valence-corrected chi connectivity index (χ1v) is 5.86. The minimum absolute atomic E-state index is 0.155. The SMILES string of the molecule is C/C=C1/C(=O)OC[C@H]2O[C@@H]1[C@@H]1OC(C)(C)O[C@@H]12. The molecule has 4 atom stereocenters. The zero-order valence-electron chi connectivity index (χ0n) is 10.1. The highest BCUT2D eigenvalue weighted by atomic mass is 16.8. The first-order valence-electron chi connectivity index (χ1n) is 5.86. The number of fused-ring (bicyclic) bond motifs is 5. The monoisotopic (exact) mass is 240 g/mol. The second-order valence-corrected chi connectivity index (χ2v) is 5.00. The number of cyclic esters (lactones) is 1. The van der Waals surface area contributed by atoms with E-state index in [1.165, 1.54) is 0 Å². The van der Waals surface area contributed by atoms with Gasteiger partial charge in [-0.15, -0.1) is 0 Å². The first kappa shape index (κ1) is 11.2. The Morgan fingerprint density at radius 2 is 2.00 bits per heavy atom. The minimum Gasteiger partial charge on any atom is -0.459 e. The van der Waals surface area contributed by atoms with Crippen molar-refractivity contribution in [1.82, 2.24) is 0 Å². The predicted octanol–water partition coefficient (Wildman–Crippen LogP) is 0.777. The molecule has 3 aliphatic rings. The molecule has 0 unspecified atom stereocenters. The molecule has 3 aliphatic heterocycles. The van der Waals surface area contributed by atoms with Gasteiger partial charge < -0.3 is 18.9 Å². The molecule has 0 aromatic rings. The number of hydrogen-bond acceptors (Lipinski definition) is 5. The van der Waals surface area contributed by atoms with Crippen molar-refractivity contribution in [3.8, 4) is 0 Å². The molecule has 0 aliphatic carbocycles. The summed E-state index contributed by atoms with van der Waals surface area (Å²) in [7, 11) is 0. The van der Waals surface area contributed by atoms with Gasteiger partial charge in [-0.1, -0.05) is 6.08 Å². The van der Waals surface area contributed by atoms with Crippen LogP contribution < -0.4 is 0 Å². The molecule has 5 heteroatoms. The molecule has 3 rings (SSSR count). The van der Waals surface area contributed by atoms with Gasteiger partial charge in [0.1, 0.15) is 31.0 Å². The quantitative estimate of drug-likeness (QED) is 0.462. The maximum atomic E-state index is 11.7. The van der Waals surface area contributed by atoms with Crippen LogP contribution in [0.5, 0.6) is 0 Å². The number of esters is 1. The van der Waals surface area contributed by atoms with Gasteiger partial charge in [-0.2, -0.15) is 0 Å². The minimum atomic E-state index is -0.623. The van der Waals surface area contributed by atoms with Gasteiger partial charge in [0.25, 0.3) is 0 Å². The molecule has 2 bridgehead atoms. The van der Waals surface area contributed by atoms with E-state index < -0.39 is 5.79 Å². The van der Waals surface area contributed by atoms with Crippen molar-refractivity contribution in [3.05, 3.63) is 11.6 Å². The topological polar surface area (TPSA) is 54.0 Å². The highest BCUT2D eigenvalue weighted by molar-refractivity contribution is 5.90. The molecule has 17 heavy (non-hydrogen) atoms. The second kappa shape index (κ2) is 3.54. The van der Waals surface area contributed by atoms with E-state index in [9.17, 15) is 4.79 Å². The van der Waals surface area contributed by atoms with Gasteiger partial charge in [0, 0.05) is 0 Å². The van der Waals surface area contributed by atoms with E-state index >= 15 is 0 Å². The van der Waals surface area contributed by atoms with Crippen molar-refractivity contribution in [2.75, 3.05) is 6.61 Å². The third-order valence-corrected chi connectivity index (χ3v) is 3.38. The van der Waals surface area contributed by atoms with Gasteiger partial charge in [0.05, 0.1) is 5.57 Å². The Hall–Kier alpha value is -0.910. The molecule has 3 fully saturated rings. The predicted molar refractivity (Wildman–Crippen MR) is 57.2 cm³/mol. The number of carbonyl (C=O) groups is 1. The van der Waals surface area contributed by atoms with Gasteiger partial charge in [-0.3, -0.25) is 0 Å². The molecule has 0 spiro atoms. The highest BCUT2D eigenvalue weighted by Crippen LogP contribution is 2.42. The van der Waals surface area contributed by atoms with Gasteiger partial charge in [-0.05, 0) is 20.8 Å². The molecular formula is C12H16O5. The number of allylic oxidation sites excluding steroid dienone is 1. The Morgan fingerprint density at radius 3 is 2.71 bits per heavy atom. The molecule has 0 aromatic carbocycles. The zero-order valence-corrected chi connectivity index (χ0v) is 10.1. The Kier molecular flexibility index (Phi) is 2.33. The lowest BCUT2D eigenvalue weighted by Crippen LogP contribution is -2.36. The number of rotatable bonds is 0. The van der Waals surface area contributed by atoms with E-state index in [1.807, 2.05) is 13.8 Å². The molecule has 0 N–H and O–H groups in total. The Bertz CT molecular complexity index is 386. The fourth-order valence-electron chi connectivity index (χ4n) is 2.71. The maximum Gasteiger partial charge on any atom is 0.336 e. The normalized spacial score (nSPS) is 45.6. The van der Waals surface area contributed by atoms with Gasteiger partial charge in [-0.25, -0.2) is 4.79 Å². The lowest BCUT2D eigenvalue weighted by atomic mass is 10.0. The molecule has 3 heterocycles. The molecule has 94 valence electrons. The summed E-state index contributed by atoms with van der Waals surface area (Å²) in [5, 5.41) is 0. The van der Waals surface area contributed by atoms with Crippen molar-refractivity contribution in [1.29, 1.82) is 0 Å². The van der Waals surface area contributed by atoms with Gasteiger partial charge in [0.2, 0.25) is 0 Å². The van der Waals surface area contributed by atoms with E-state index in [-0.39, 0.29) is 37.0 Å². The van der Waals surface area contributed by atoms with E-state index in [4.69, 9.17) is 18.9 Å². The lowest BCUT2D eigenvalue weighted by Gasteiger charge is -2.22. The van der Waals surface area contributed by atoms with Crippen LogP contribution in [0.4, 0.5) is 0 Å². The van der Waals surface area contributed by atoms with Crippen LogP contribution >= 0.6 is 0 Å². The van der Waals surface area contributed by atoms with Crippen LogP contribution in [0.25, 0.3) is 0 Å². The van der Waals surface area contributed by atoms with Crippen LogP contribution in [0.2, 0.25) is 0 Å². The fourth-order valence-corrected chi connectivity index (χ4v) is 2.71. The maximum absolute atomic E-state index is 11.7. The molecular weight excluding hydrogens is 224 g/mol. The average Bonchev–Trinajstić information content (AvgIpc) is 2.65. The van der Waals surface area contributed by atoms with E-state index in [2.05, 4.69) is 0 Å². The van der Waals surface area contributed by atoms with Crippen LogP contribution in [-0.2, 0) is 23.7 Å². The Labute approximate surface area is 99.7 Å². The smallest absolute Gasteiger partial charge is 0.336 e. The average molecular weight is 240 g/mol. The molecule has 0 radical (unpaired) electrons. The van der Waals surface area contributed by atoms with Crippen molar-refractivity contribution < 1.29 is 23.7 Å². The summed E-state index contributed by atoms with van der Waals surface area (Å²) in [5.41, 5.74) is 0.529. The highest BCUT2D eigenvalue weighted by Gasteiger charge is 2.58. The molecule has 3 saturated heterocycles. The first-order chi connectivity index (χ1) is 8.02. The van der Waals surface area contributed by atoms with E-state index in [0.717, 1.165) is 0 Å². The summed E-state index contributed by atoms with van der Waals surface area (Å²) in [6.45, 7) is 5.77. The lowest BCUT2D eigenvalue weighted by molar-refractivity contribution is -0.183. The standard InChI is InChI=1S/C12H16O5/c1-4-6-8-10-9(16-12(2,3)17-10)7(15-8)5-14-11(6)13/h4,7-10H,5H2,1-3H3/b6-4+/t7-,8+,9-,10+/m1/s1. The third kappa shape index (κ3) is 1.61. The summed E-state index contributed by atoms with van der Waals surface area (Å²) in [6, 6.07) is 0. The third-order valence-electron chi connectivity index (χ3n) is 3.38. The van der Waals surface area contributed by atoms with Crippen molar-refractivity contribution >= 4 is 5.97 Å². The van der Waals surface area contributed by atoms with Crippen LogP contribution in [0.1, 0.15) is 20.8 Å². The van der Waals surface area contributed by atoms with Crippen molar-refractivity contribution in [2.24, 2.45) is 0 Å². The van der Waals surface area contributed by atoms with Crippen molar-refractivity contribution in [3.63, 3.8) is 0 Å². The molecule has 0 amide bonds. The van der Waals surface area contributed by atoms with E-state index in [0.29, 0.717) is 5.57 Å². The summed E-state index contributed by atoms with van der Waals surface area (Å²) in [5.74, 6) is -0.936. The second-order valence-electron chi connectivity index (χ2n) is 5.00. The number of hydrogen-bond donors (Lipinski definition) is 0. The number of carbonyl (C=O) groups excluding carboxylic acids is 1. The van der Waals surface area contributed by atoms with Gasteiger partial charge >= 0.3 is 5.97 Å². The fraction of sp³-hybridized carbons (Fsp3) is 0.750. The zero-order chi connectivity index (χ0) is 12.2. The summed E-state index contributed by atoms with van der Waals surface area (Å²) < 4.78 is 22.6. The molecule has 5 nitrogen and oxygen atoms in total. The molecule has 0 saturated carbocycles. The van der Waals surface area contributed by atoms with Crippen LogP contribution in [-0.4, -0.2) is 42.8 Å². The van der Waals surface area contributed by atoms with Crippen LogP contribution in [0.15, 0.2) is 11.6 Å².